The lowest BCUT2D eigenvalue weighted by Gasteiger charge is -2.32. The normalized spacial score (nSPS) is 17.1. The number of carbonyl (C=O) groups excluding carboxylic acids is 1. The molecule has 1 fully saturated rings. The van der Waals surface area contributed by atoms with Crippen molar-refractivity contribution in [3.8, 4) is 11.1 Å². The molecule has 0 bridgehead atoms. The van der Waals surface area contributed by atoms with Crippen molar-refractivity contribution < 1.29 is 9.18 Å². The lowest BCUT2D eigenvalue weighted by atomic mass is 9.96. The number of piperidine rings is 1. The number of aromatic nitrogens is 2. The third-order valence-corrected chi connectivity index (χ3v) is 5.89. The second-order valence-electron chi connectivity index (χ2n) is 8.01. The summed E-state index contributed by atoms with van der Waals surface area (Å²) in [6.07, 6.45) is 3.81. The minimum atomic E-state index is -0.258. The number of carbonyl (C=O) groups is 1. The van der Waals surface area contributed by atoms with E-state index < -0.39 is 0 Å². The van der Waals surface area contributed by atoms with Crippen molar-refractivity contribution >= 4 is 11.6 Å². The molecular weight excluding hydrogens is 379 g/mol. The van der Waals surface area contributed by atoms with Gasteiger partial charge in [-0.1, -0.05) is 24.3 Å². The summed E-state index contributed by atoms with van der Waals surface area (Å²) in [5.74, 6) is 0.753. The van der Waals surface area contributed by atoms with Crippen molar-refractivity contribution in [1.82, 2.24) is 14.5 Å². The first-order valence-electron chi connectivity index (χ1n) is 10.4. The van der Waals surface area contributed by atoms with Gasteiger partial charge in [-0.2, -0.15) is 0 Å². The van der Waals surface area contributed by atoms with Gasteiger partial charge in [-0.25, -0.2) is 9.37 Å². The molecule has 0 saturated carbocycles. The summed E-state index contributed by atoms with van der Waals surface area (Å²) in [5, 5.41) is 3.08. The number of rotatable bonds is 5. The van der Waals surface area contributed by atoms with Crippen LogP contribution in [0.5, 0.6) is 0 Å². The van der Waals surface area contributed by atoms with Gasteiger partial charge in [0.2, 0.25) is 5.91 Å². The van der Waals surface area contributed by atoms with Crippen LogP contribution >= 0.6 is 0 Å². The number of anilines is 1. The number of imidazole rings is 1. The number of amides is 1. The standard InChI is InChI=1S/C24H27FN4O/c1-17-26-14-23(28(17)2)16-29-12-4-6-20(15-29)24(30)27-22-7-3-5-19(13-22)18-8-10-21(25)11-9-18/h3,5,7-11,13-14,20H,4,6,12,15-16H2,1-2H3,(H,27,30)/t20-/m1/s1. The fourth-order valence-electron chi connectivity index (χ4n) is 4.00. The summed E-state index contributed by atoms with van der Waals surface area (Å²) in [5.41, 5.74) is 3.80. The maximum absolute atomic E-state index is 13.2. The van der Waals surface area contributed by atoms with Gasteiger partial charge >= 0.3 is 0 Å². The number of nitrogens with one attached hydrogen (secondary N) is 1. The second kappa shape index (κ2) is 8.79. The van der Waals surface area contributed by atoms with Crippen LogP contribution in [0, 0.1) is 18.7 Å². The van der Waals surface area contributed by atoms with E-state index in [4.69, 9.17) is 0 Å². The van der Waals surface area contributed by atoms with Crippen LogP contribution in [0.2, 0.25) is 0 Å². The van der Waals surface area contributed by atoms with Crippen LogP contribution in [0.15, 0.2) is 54.7 Å². The van der Waals surface area contributed by atoms with E-state index in [9.17, 15) is 9.18 Å². The van der Waals surface area contributed by atoms with Gasteiger partial charge in [0.1, 0.15) is 11.6 Å². The number of likely N-dealkylation sites (tertiary alicyclic amines) is 1. The molecule has 30 heavy (non-hydrogen) atoms. The largest absolute Gasteiger partial charge is 0.334 e. The van der Waals surface area contributed by atoms with E-state index in [-0.39, 0.29) is 17.6 Å². The Kier molecular flexibility index (Phi) is 5.95. The average molecular weight is 407 g/mol. The van der Waals surface area contributed by atoms with Crippen molar-refractivity contribution in [3.05, 3.63) is 72.1 Å². The molecule has 3 aromatic rings. The fraction of sp³-hybridized carbons (Fsp3) is 0.333. The Morgan fingerprint density at radius 1 is 1.20 bits per heavy atom. The molecule has 0 unspecified atom stereocenters. The summed E-state index contributed by atoms with van der Waals surface area (Å²) in [4.78, 5) is 19.6. The third kappa shape index (κ3) is 4.60. The lowest BCUT2D eigenvalue weighted by Crippen LogP contribution is -2.40. The zero-order chi connectivity index (χ0) is 21.1. The predicted molar refractivity (Wildman–Crippen MR) is 116 cm³/mol. The Hall–Kier alpha value is -2.99. The maximum Gasteiger partial charge on any atom is 0.228 e. The van der Waals surface area contributed by atoms with Gasteiger partial charge in [-0.15, -0.1) is 0 Å². The molecule has 2 heterocycles. The van der Waals surface area contributed by atoms with E-state index in [1.54, 1.807) is 12.1 Å². The van der Waals surface area contributed by atoms with Gasteiger partial charge in [0.25, 0.3) is 0 Å². The molecule has 5 nitrogen and oxygen atoms in total. The smallest absolute Gasteiger partial charge is 0.228 e. The van der Waals surface area contributed by atoms with E-state index in [0.29, 0.717) is 0 Å². The Labute approximate surface area is 176 Å². The molecule has 1 aliphatic rings. The van der Waals surface area contributed by atoms with E-state index in [1.165, 1.54) is 17.8 Å². The van der Waals surface area contributed by atoms with Gasteiger partial charge in [0, 0.05) is 32.0 Å². The van der Waals surface area contributed by atoms with Crippen LogP contribution in [0.25, 0.3) is 11.1 Å². The highest BCUT2D eigenvalue weighted by Gasteiger charge is 2.26. The fourth-order valence-corrected chi connectivity index (χ4v) is 4.00. The van der Waals surface area contributed by atoms with Gasteiger partial charge in [-0.05, 0) is 61.7 Å². The van der Waals surface area contributed by atoms with Crippen molar-refractivity contribution in [2.75, 3.05) is 18.4 Å². The molecule has 1 atom stereocenters. The molecule has 6 heteroatoms. The van der Waals surface area contributed by atoms with E-state index in [2.05, 4.69) is 19.8 Å². The zero-order valence-electron chi connectivity index (χ0n) is 17.4. The molecule has 1 saturated heterocycles. The number of hydrogen-bond donors (Lipinski definition) is 1. The highest BCUT2D eigenvalue weighted by molar-refractivity contribution is 5.93. The number of benzene rings is 2. The topological polar surface area (TPSA) is 50.2 Å². The van der Waals surface area contributed by atoms with E-state index >= 15 is 0 Å². The molecular formula is C24H27FN4O. The SMILES string of the molecule is Cc1ncc(CN2CCC[C@@H](C(=O)Nc3cccc(-c4ccc(F)cc4)c3)C2)n1C. The van der Waals surface area contributed by atoms with Crippen LogP contribution in [0.4, 0.5) is 10.1 Å². The molecule has 1 aliphatic heterocycles. The van der Waals surface area contributed by atoms with Gasteiger partial charge in [0.05, 0.1) is 11.6 Å². The number of nitrogens with zero attached hydrogens (tertiary/aromatic N) is 3. The monoisotopic (exact) mass is 406 g/mol. The Bertz CT molecular complexity index is 1030. The van der Waals surface area contributed by atoms with Gasteiger partial charge in [0.15, 0.2) is 0 Å². The molecule has 1 aromatic heterocycles. The van der Waals surface area contributed by atoms with Crippen LogP contribution in [-0.4, -0.2) is 33.4 Å². The first-order chi connectivity index (χ1) is 14.5. The number of aryl methyl sites for hydroxylation is 1. The van der Waals surface area contributed by atoms with Crippen LogP contribution in [0.1, 0.15) is 24.4 Å². The Morgan fingerprint density at radius 2 is 2.00 bits per heavy atom. The highest BCUT2D eigenvalue weighted by atomic mass is 19.1. The van der Waals surface area contributed by atoms with Crippen molar-refractivity contribution in [2.45, 2.75) is 26.3 Å². The van der Waals surface area contributed by atoms with Crippen molar-refractivity contribution in [3.63, 3.8) is 0 Å². The van der Waals surface area contributed by atoms with Gasteiger partial charge in [-0.3, -0.25) is 9.69 Å². The number of halogens is 1. The summed E-state index contributed by atoms with van der Waals surface area (Å²) in [6.45, 7) is 4.54. The molecule has 1 N–H and O–H groups in total. The summed E-state index contributed by atoms with van der Waals surface area (Å²) in [6, 6.07) is 14.1. The minimum absolute atomic E-state index is 0.0393. The Morgan fingerprint density at radius 3 is 2.73 bits per heavy atom. The quantitative estimate of drug-likeness (QED) is 0.684. The first kappa shape index (κ1) is 20.3. The van der Waals surface area contributed by atoms with Crippen molar-refractivity contribution in [1.29, 1.82) is 0 Å². The Balaban J connectivity index is 1.40. The molecule has 4 rings (SSSR count). The zero-order valence-corrected chi connectivity index (χ0v) is 17.4. The summed E-state index contributed by atoms with van der Waals surface area (Å²) >= 11 is 0. The highest BCUT2D eigenvalue weighted by Crippen LogP contribution is 2.25. The van der Waals surface area contributed by atoms with Crippen LogP contribution in [0.3, 0.4) is 0 Å². The van der Waals surface area contributed by atoms with Gasteiger partial charge < -0.3 is 9.88 Å². The van der Waals surface area contributed by atoms with E-state index in [1.807, 2.05) is 44.4 Å². The second-order valence-corrected chi connectivity index (χ2v) is 8.01. The van der Waals surface area contributed by atoms with Crippen LogP contribution < -0.4 is 5.32 Å². The summed E-state index contributed by atoms with van der Waals surface area (Å²) < 4.78 is 15.3. The number of hydrogen-bond acceptors (Lipinski definition) is 3. The summed E-state index contributed by atoms with van der Waals surface area (Å²) in [7, 11) is 2.03. The van der Waals surface area contributed by atoms with Crippen molar-refractivity contribution in [2.24, 2.45) is 13.0 Å². The maximum atomic E-state index is 13.2. The minimum Gasteiger partial charge on any atom is -0.334 e. The molecule has 2 aromatic carbocycles. The molecule has 156 valence electrons. The van der Waals surface area contributed by atoms with Crippen LogP contribution in [-0.2, 0) is 18.4 Å². The van der Waals surface area contributed by atoms with E-state index in [0.717, 1.165) is 55.1 Å². The first-order valence-corrected chi connectivity index (χ1v) is 10.4. The molecule has 0 aliphatic carbocycles. The average Bonchev–Trinajstić information content (AvgIpc) is 3.07. The predicted octanol–water partition coefficient (Wildman–Crippen LogP) is 4.39. The third-order valence-electron chi connectivity index (χ3n) is 5.89. The lowest BCUT2D eigenvalue weighted by molar-refractivity contribution is -0.121. The molecule has 1 amide bonds. The molecule has 0 radical (unpaired) electrons. The molecule has 0 spiro atoms.